The van der Waals surface area contributed by atoms with Crippen molar-refractivity contribution in [1.29, 1.82) is 0 Å². The molecule has 1 aromatic rings. The van der Waals surface area contributed by atoms with Gasteiger partial charge in [0.1, 0.15) is 6.20 Å². The second-order valence-electron chi connectivity index (χ2n) is 2.43. The summed E-state index contributed by atoms with van der Waals surface area (Å²) >= 11 is 5.67. The summed E-state index contributed by atoms with van der Waals surface area (Å²) in [6.45, 7) is 3.61. The summed E-state index contributed by atoms with van der Waals surface area (Å²) in [6.07, 6.45) is 3.08. The van der Waals surface area contributed by atoms with Crippen LogP contribution in [0.2, 0.25) is 5.28 Å². The lowest BCUT2D eigenvalue weighted by Crippen LogP contribution is -1.90. The van der Waals surface area contributed by atoms with Crippen molar-refractivity contribution in [2.75, 3.05) is 0 Å². The molecule has 0 fully saturated rings. The number of hydrogen-bond acceptors (Lipinski definition) is 3. The summed E-state index contributed by atoms with van der Waals surface area (Å²) in [5, 5.41) is 10.4. The van der Waals surface area contributed by atoms with E-state index in [0.29, 0.717) is 0 Å². The van der Waals surface area contributed by atoms with Crippen LogP contribution in [-0.4, -0.2) is 14.5 Å². The molecule has 0 saturated carbocycles. The first kappa shape index (κ1) is 9.73. The molecular formula is C7H8ClN3O2. The average Bonchev–Trinajstić information content (AvgIpc) is 2.46. The first-order chi connectivity index (χ1) is 6.06. The summed E-state index contributed by atoms with van der Waals surface area (Å²) < 4.78 is 1.46. The quantitative estimate of drug-likeness (QED) is 0.545. The molecule has 1 rings (SSSR count). The number of aromatic nitrogens is 2. The maximum absolute atomic E-state index is 10.3. The second-order valence-corrected chi connectivity index (χ2v) is 2.76. The molecule has 0 saturated heterocycles. The van der Waals surface area contributed by atoms with Gasteiger partial charge >= 0.3 is 11.1 Å². The van der Waals surface area contributed by atoms with Gasteiger partial charge in [-0.3, -0.25) is 4.57 Å². The van der Waals surface area contributed by atoms with E-state index in [2.05, 4.69) is 4.98 Å². The molecule has 1 heterocycles. The SMILES string of the molecule is C/C=C(/C)n1cc([N+](=O)[O-])nc1Cl. The predicted octanol–water partition coefficient (Wildman–Crippen LogP) is 2.33. The molecule has 70 valence electrons. The lowest BCUT2D eigenvalue weighted by molar-refractivity contribution is -0.389. The fourth-order valence-corrected chi connectivity index (χ4v) is 1.09. The molecule has 0 radical (unpaired) electrons. The Hall–Kier alpha value is -1.36. The second kappa shape index (κ2) is 3.57. The lowest BCUT2D eigenvalue weighted by atomic mass is 10.4. The Balaban J connectivity index is 3.18. The lowest BCUT2D eigenvalue weighted by Gasteiger charge is -1.97. The van der Waals surface area contributed by atoms with Crippen LogP contribution >= 0.6 is 11.6 Å². The third-order valence-electron chi connectivity index (χ3n) is 1.63. The highest BCUT2D eigenvalue weighted by Crippen LogP contribution is 2.19. The van der Waals surface area contributed by atoms with Gasteiger partial charge in [-0.1, -0.05) is 6.08 Å². The Bertz CT molecular complexity index is 370. The van der Waals surface area contributed by atoms with Gasteiger partial charge in [0.15, 0.2) is 0 Å². The smallest absolute Gasteiger partial charge is 0.358 e. The Morgan fingerprint density at radius 1 is 1.85 bits per heavy atom. The van der Waals surface area contributed by atoms with Crippen LogP contribution in [0.5, 0.6) is 0 Å². The number of halogens is 1. The van der Waals surface area contributed by atoms with Crippen LogP contribution in [0.4, 0.5) is 5.82 Å². The van der Waals surface area contributed by atoms with Crippen molar-refractivity contribution >= 4 is 23.1 Å². The van der Waals surface area contributed by atoms with E-state index < -0.39 is 4.92 Å². The zero-order chi connectivity index (χ0) is 10.0. The molecule has 5 nitrogen and oxygen atoms in total. The van der Waals surface area contributed by atoms with Crippen LogP contribution < -0.4 is 0 Å². The summed E-state index contributed by atoms with van der Waals surface area (Å²) in [4.78, 5) is 13.3. The van der Waals surface area contributed by atoms with Crippen molar-refractivity contribution in [3.63, 3.8) is 0 Å². The number of hydrogen-bond donors (Lipinski definition) is 0. The fraction of sp³-hybridized carbons (Fsp3) is 0.286. The van der Waals surface area contributed by atoms with Crippen molar-refractivity contribution in [2.24, 2.45) is 0 Å². The molecule has 0 spiro atoms. The molecule has 0 N–H and O–H groups in total. The van der Waals surface area contributed by atoms with Crippen molar-refractivity contribution in [1.82, 2.24) is 9.55 Å². The molecule has 0 bridgehead atoms. The van der Waals surface area contributed by atoms with Crippen molar-refractivity contribution in [3.8, 4) is 0 Å². The maximum atomic E-state index is 10.3. The topological polar surface area (TPSA) is 61.0 Å². The standard InChI is InChI=1S/C7H8ClN3O2/c1-3-5(2)10-4-6(11(12)13)9-7(10)8/h3-4H,1-2H3/b5-3-. The number of rotatable bonds is 2. The van der Waals surface area contributed by atoms with E-state index in [4.69, 9.17) is 11.6 Å². The third kappa shape index (κ3) is 1.86. The molecule has 13 heavy (non-hydrogen) atoms. The molecular weight excluding hydrogens is 194 g/mol. The van der Waals surface area contributed by atoms with Gasteiger partial charge in [-0.2, -0.15) is 0 Å². The number of imidazole rings is 1. The molecule has 0 amide bonds. The van der Waals surface area contributed by atoms with Gasteiger partial charge in [0.2, 0.25) is 0 Å². The van der Waals surface area contributed by atoms with E-state index in [9.17, 15) is 10.1 Å². The van der Waals surface area contributed by atoms with E-state index in [1.165, 1.54) is 10.8 Å². The minimum Gasteiger partial charge on any atom is -0.358 e. The summed E-state index contributed by atoms with van der Waals surface area (Å²) in [5.74, 6) is -0.244. The highest BCUT2D eigenvalue weighted by molar-refractivity contribution is 6.29. The van der Waals surface area contributed by atoms with E-state index in [0.717, 1.165) is 5.70 Å². The molecule has 6 heteroatoms. The maximum Gasteiger partial charge on any atom is 0.383 e. The van der Waals surface area contributed by atoms with E-state index in [-0.39, 0.29) is 11.1 Å². The summed E-state index contributed by atoms with van der Waals surface area (Å²) in [6, 6.07) is 0. The van der Waals surface area contributed by atoms with Gasteiger partial charge < -0.3 is 10.1 Å². The van der Waals surface area contributed by atoms with Gasteiger partial charge in [0.25, 0.3) is 0 Å². The first-order valence-corrected chi connectivity index (χ1v) is 3.96. The highest BCUT2D eigenvalue weighted by Gasteiger charge is 2.16. The van der Waals surface area contributed by atoms with Gasteiger partial charge in [-0.25, -0.2) is 0 Å². The van der Waals surface area contributed by atoms with Crippen molar-refractivity contribution in [2.45, 2.75) is 13.8 Å². The van der Waals surface area contributed by atoms with Crippen LogP contribution in [0.25, 0.3) is 5.70 Å². The van der Waals surface area contributed by atoms with Crippen LogP contribution in [0.15, 0.2) is 12.3 Å². The van der Waals surface area contributed by atoms with Crippen molar-refractivity contribution < 1.29 is 4.92 Å². The third-order valence-corrected chi connectivity index (χ3v) is 1.90. The van der Waals surface area contributed by atoms with Crippen LogP contribution in [0, 0.1) is 10.1 Å². The molecule has 0 atom stereocenters. The summed E-state index contributed by atoms with van der Waals surface area (Å²) in [5.41, 5.74) is 0.797. The van der Waals surface area contributed by atoms with Gasteiger partial charge in [0.05, 0.1) is 0 Å². The fourth-order valence-electron chi connectivity index (χ4n) is 0.820. The largest absolute Gasteiger partial charge is 0.383 e. The summed E-state index contributed by atoms with van der Waals surface area (Å²) in [7, 11) is 0. The number of nitrogens with zero attached hydrogens (tertiary/aromatic N) is 3. The Morgan fingerprint density at radius 2 is 2.46 bits per heavy atom. The molecule has 0 aliphatic carbocycles. The van der Waals surface area contributed by atoms with Crippen LogP contribution in [0.1, 0.15) is 13.8 Å². The Labute approximate surface area is 79.8 Å². The Morgan fingerprint density at radius 3 is 2.85 bits per heavy atom. The Kier molecular flexibility index (Phi) is 2.67. The van der Waals surface area contributed by atoms with Gasteiger partial charge in [-0.15, -0.1) is 0 Å². The predicted molar refractivity (Wildman–Crippen MR) is 49.5 cm³/mol. The monoisotopic (exact) mass is 201 g/mol. The zero-order valence-electron chi connectivity index (χ0n) is 7.19. The zero-order valence-corrected chi connectivity index (χ0v) is 7.95. The van der Waals surface area contributed by atoms with E-state index in [1.807, 2.05) is 6.92 Å². The van der Waals surface area contributed by atoms with E-state index >= 15 is 0 Å². The minimum absolute atomic E-state index is 0.0994. The molecule has 0 aliphatic heterocycles. The normalized spacial score (nSPS) is 11.8. The average molecular weight is 202 g/mol. The van der Waals surface area contributed by atoms with Crippen LogP contribution in [-0.2, 0) is 0 Å². The number of allylic oxidation sites excluding steroid dienone is 2. The minimum atomic E-state index is -0.578. The molecule has 0 aliphatic rings. The first-order valence-electron chi connectivity index (χ1n) is 3.59. The van der Waals surface area contributed by atoms with Gasteiger partial charge in [0, 0.05) is 5.70 Å². The van der Waals surface area contributed by atoms with E-state index in [1.54, 1.807) is 13.0 Å². The molecule has 1 aromatic heterocycles. The van der Waals surface area contributed by atoms with Crippen molar-refractivity contribution in [3.05, 3.63) is 27.7 Å². The molecule has 0 aromatic carbocycles. The number of nitro groups is 1. The highest BCUT2D eigenvalue weighted by atomic mass is 35.5. The molecule has 0 unspecified atom stereocenters. The van der Waals surface area contributed by atoms with Crippen LogP contribution in [0.3, 0.4) is 0 Å². The van der Waals surface area contributed by atoms with Gasteiger partial charge in [-0.05, 0) is 35.4 Å².